The Morgan fingerprint density at radius 1 is 1.45 bits per heavy atom. The van der Waals surface area contributed by atoms with Crippen molar-refractivity contribution < 1.29 is 4.74 Å². The second kappa shape index (κ2) is 2.38. The Balaban J connectivity index is 2.60. The van der Waals surface area contributed by atoms with E-state index in [9.17, 15) is 0 Å². The summed E-state index contributed by atoms with van der Waals surface area (Å²) in [5.41, 5.74) is 2.32. The molecule has 0 unspecified atom stereocenters. The fourth-order valence-electron chi connectivity index (χ4n) is 1.18. The highest BCUT2D eigenvalue weighted by Gasteiger charge is 2.06. The van der Waals surface area contributed by atoms with E-state index in [1.165, 1.54) is 5.56 Å². The first-order valence-corrected chi connectivity index (χ1v) is 3.60. The molecule has 1 aromatic rings. The lowest BCUT2D eigenvalue weighted by atomic mass is 10.1. The second-order valence-electron chi connectivity index (χ2n) is 2.57. The molecule has 2 rings (SSSR count). The Bertz CT molecular complexity index is 304. The van der Waals surface area contributed by atoms with Crippen LogP contribution in [0.25, 0.3) is 0 Å². The van der Waals surface area contributed by atoms with Crippen LogP contribution in [-0.4, -0.2) is 12.9 Å². The van der Waals surface area contributed by atoms with Gasteiger partial charge in [0.05, 0.1) is 0 Å². The van der Waals surface area contributed by atoms with E-state index >= 15 is 0 Å². The van der Waals surface area contributed by atoms with Gasteiger partial charge >= 0.3 is 0 Å². The van der Waals surface area contributed by atoms with Gasteiger partial charge in [0.15, 0.2) is 6.73 Å². The van der Waals surface area contributed by atoms with Crippen LogP contribution in [0, 0.1) is 6.92 Å². The van der Waals surface area contributed by atoms with Crippen LogP contribution in [0.2, 0.25) is 0 Å². The first kappa shape index (κ1) is 6.40. The van der Waals surface area contributed by atoms with Crippen LogP contribution < -0.4 is 4.74 Å². The zero-order chi connectivity index (χ0) is 7.68. The van der Waals surface area contributed by atoms with E-state index in [0.717, 1.165) is 11.3 Å². The second-order valence-corrected chi connectivity index (χ2v) is 2.57. The van der Waals surface area contributed by atoms with E-state index in [2.05, 4.69) is 18.0 Å². The molecule has 1 heterocycles. The third-order valence-electron chi connectivity index (χ3n) is 1.80. The Kier molecular flexibility index (Phi) is 1.39. The molecule has 0 saturated carbocycles. The molecule has 0 radical (unpaired) electrons. The van der Waals surface area contributed by atoms with Crippen molar-refractivity contribution in [3.63, 3.8) is 0 Å². The van der Waals surface area contributed by atoms with Gasteiger partial charge in [-0.25, -0.2) is 0 Å². The van der Waals surface area contributed by atoms with Gasteiger partial charge in [0, 0.05) is 11.8 Å². The van der Waals surface area contributed by atoms with Gasteiger partial charge in [-0.2, -0.15) is 0 Å². The smallest absolute Gasteiger partial charge is 0.179 e. The van der Waals surface area contributed by atoms with E-state index in [-0.39, 0.29) is 0 Å². The molecule has 0 spiro atoms. The first-order chi connectivity index (χ1) is 5.38. The molecule has 2 nitrogen and oxygen atoms in total. The fraction of sp³-hybridized carbons (Fsp3) is 0.222. The Morgan fingerprint density at radius 2 is 2.36 bits per heavy atom. The summed E-state index contributed by atoms with van der Waals surface area (Å²) in [5, 5.41) is 0. The van der Waals surface area contributed by atoms with E-state index in [1.807, 2.05) is 18.3 Å². The van der Waals surface area contributed by atoms with Crippen LogP contribution in [0.3, 0.4) is 0 Å². The molecule has 0 atom stereocenters. The van der Waals surface area contributed by atoms with Crippen molar-refractivity contribution in [1.82, 2.24) is 0 Å². The minimum Gasteiger partial charge on any atom is -0.471 e. The summed E-state index contributed by atoms with van der Waals surface area (Å²) in [4.78, 5) is 4.03. The lowest BCUT2D eigenvalue weighted by Gasteiger charge is -2.12. The maximum absolute atomic E-state index is 5.31. The van der Waals surface area contributed by atoms with Crippen LogP contribution in [-0.2, 0) is 0 Å². The number of aliphatic imine (C=N–C) groups is 1. The topological polar surface area (TPSA) is 21.6 Å². The Labute approximate surface area is 65.5 Å². The van der Waals surface area contributed by atoms with E-state index in [4.69, 9.17) is 4.74 Å². The van der Waals surface area contributed by atoms with Crippen molar-refractivity contribution >= 4 is 6.21 Å². The van der Waals surface area contributed by atoms with Gasteiger partial charge in [0.2, 0.25) is 0 Å². The maximum atomic E-state index is 5.31. The molecule has 0 fully saturated rings. The van der Waals surface area contributed by atoms with Crippen molar-refractivity contribution in [2.24, 2.45) is 4.99 Å². The molecule has 0 bridgehead atoms. The molecule has 0 saturated heterocycles. The van der Waals surface area contributed by atoms with Crippen LogP contribution in [0.1, 0.15) is 11.1 Å². The summed E-state index contributed by atoms with van der Waals surface area (Å²) in [6, 6.07) is 6.01. The summed E-state index contributed by atoms with van der Waals surface area (Å²) in [7, 11) is 0. The van der Waals surface area contributed by atoms with Crippen molar-refractivity contribution in [3.05, 3.63) is 29.3 Å². The lowest BCUT2D eigenvalue weighted by Crippen LogP contribution is -2.04. The Hall–Kier alpha value is -1.31. The molecular weight excluding hydrogens is 138 g/mol. The normalized spacial score (nSPS) is 13.9. The number of benzene rings is 1. The standard InChI is InChI=1S/C9H9NO/c1-7-3-2-4-9-8(7)5-10-6-11-9/h2-5H,6H2,1H3. The van der Waals surface area contributed by atoms with Crippen LogP contribution in [0.4, 0.5) is 0 Å². The molecule has 0 amide bonds. The number of nitrogens with zero attached hydrogens (tertiary/aromatic N) is 1. The van der Waals surface area contributed by atoms with Crippen LogP contribution in [0.5, 0.6) is 5.75 Å². The molecule has 2 heteroatoms. The highest BCUT2D eigenvalue weighted by atomic mass is 16.5. The van der Waals surface area contributed by atoms with Gasteiger partial charge in [-0.15, -0.1) is 0 Å². The van der Waals surface area contributed by atoms with Crippen LogP contribution in [0.15, 0.2) is 23.2 Å². The summed E-state index contributed by atoms with van der Waals surface area (Å²) in [6.07, 6.45) is 1.87. The third kappa shape index (κ3) is 1.00. The summed E-state index contributed by atoms with van der Waals surface area (Å²) >= 11 is 0. The molecule has 1 aromatic carbocycles. The summed E-state index contributed by atoms with van der Waals surface area (Å²) < 4.78 is 5.31. The third-order valence-corrected chi connectivity index (χ3v) is 1.80. The van der Waals surface area contributed by atoms with E-state index in [0.29, 0.717) is 6.73 Å². The molecule has 1 aliphatic rings. The average Bonchev–Trinajstić information content (AvgIpc) is 2.06. The largest absolute Gasteiger partial charge is 0.471 e. The van der Waals surface area contributed by atoms with Crippen molar-refractivity contribution in [2.45, 2.75) is 6.92 Å². The summed E-state index contributed by atoms with van der Waals surface area (Å²) in [6.45, 7) is 2.51. The minimum atomic E-state index is 0.455. The number of rotatable bonds is 0. The van der Waals surface area contributed by atoms with Gasteiger partial charge < -0.3 is 4.74 Å². The molecule has 0 aromatic heterocycles. The number of hydrogen-bond donors (Lipinski definition) is 0. The molecule has 0 aliphatic carbocycles. The average molecular weight is 147 g/mol. The lowest BCUT2D eigenvalue weighted by molar-refractivity contribution is 0.326. The fourth-order valence-corrected chi connectivity index (χ4v) is 1.18. The summed E-state index contributed by atoms with van der Waals surface area (Å²) in [5.74, 6) is 0.944. The molecular formula is C9H9NO. The van der Waals surface area contributed by atoms with E-state index < -0.39 is 0 Å². The van der Waals surface area contributed by atoms with Gasteiger partial charge in [-0.3, -0.25) is 4.99 Å². The SMILES string of the molecule is Cc1cccc2c1C=NCO2. The van der Waals surface area contributed by atoms with Crippen LogP contribution >= 0.6 is 0 Å². The van der Waals surface area contributed by atoms with Gasteiger partial charge in [-0.1, -0.05) is 12.1 Å². The van der Waals surface area contributed by atoms with Gasteiger partial charge in [0.1, 0.15) is 5.75 Å². The number of aryl methyl sites for hydroxylation is 1. The van der Waals surface area contributed by atoms with Crippen molar-refractivity contribution in [1.29, 1.82) is 0 Å². The molecule has 56 valence electrons. The zero-order valence-corrected chi connectivity index (χ0v) is 6.37. The highest BCUT2D eigenvalue weighted by Crippen LogP contribution is 2.21. The number of hydrogen-bond acceptors (Lipinski definition) is 2. The number of fused-ring (bicyclic) bond motifs is 1. The highest BCUT2D eigenvalue weighted by molar-refractivity contribution is 5.86. The van der Waals surface area contributed by atoms with Crippen molar-refractivity contribution in [2.75, 3.05) is 6.73 Å². The molecule has 0 N–H and O–H groups in total. The molecule has 1 aliphatic heterocycles. The predicted molar refractivity (Wildman–Crippen MR) is 44.3 cm³/mol. The minimum absolute atomic E-state index is 0.455. The monoisotopic (exact) mass is 147 g/mol. The predicted octanol–water partition coefficient (Wildman–Crippen LogP) is 1.76. The Morgan fingerprint density at radius 3 is 3.18 bits per heavy atom. The molecule has 11 heavy (non-hydrogen) atoms. The van der Waals surface area contributed by atoms with Gasteiger partial charge in [-0.05, 0) is 18.6 Å². The zero-order valence-electron chi connectivity index (χ0n) is 6.37. The van der Waals surface area contributed by atoms with E-state index in [1.54, 1.807) is 0 Å². The van der Waals surface area contributed by atoms with Gasteiger partial charge in [0.25, 0.3) is 0 Å². The van der Waals surface area contributed by atoms with Crippen molar-refractivity contribution in [3.8, 4) is 5.75 Å². The first-order valence-electron chi connectivity index (χ1n) is 3.60. The quantitative estimate of drug-likeness (QED) is 0.548. The maximum Gasteiger partial charge on any atom is 0.179 e. The number of ether oxygens (including phenoxy) is 1.